The number of hydrogen-bond acceptors (Lipinski definition) is 4. The van der Waals surface area contributed by atoms with E-state index in [2.05, 4.69) is 15.4 Å². The van der Waals surface area contributed by atoms with Crippen LogP contribution in [-0.4, -0.2) is 49.0 Å². The van der Waals surface area contributed by atoms with Crippen LogP contribution in [-0.2, 0) is 0 Å². The van der Waals surface area contributed by atoms with Gasteiger partial charge in [-0.05, 0) is 78.7 Å². The molecule has 10 unspecified atom stereocenters. The Morgan fingerprint density at radius 1 is 1.16 bits per heavy atom. The van der Waals surface area contributed by atoms with Gasteiger partial charge in [0.25, 0.3) is 0 Å². The first-order valence-electron chi connectivity index (χ1n) is 12.0. The molecule has 5 aliphatic carbocycles. The van der Waals surface area contributed by atoms with Crippen LogP contribution < -0.4 is 20.3 Å². The highest BCUT2D eigenvalue weighted by molar-refractivity contribution is 5.74. The maximum absolute atomic E-state index is 12.7. The molecule has 6 nitrogen and oxygen atoms in total. The third-order valence-electron chi connectivity index (χ3n) is 10.00. The Morgan fingerprint density at radius 3 is 2.78 bits per heavy atom. The van der Waals surface area contributed by atoms with Crippen molar-refractivity contribution in [1.82, 2.24) is 10.6 Å². The Kier molecular flexibility index (Phi) is 3.93. The molecule has 5 saturated carbocycles. The van der Waals surface area contributed by atoms with E-state index in [-0.39, 0.29) is 17.8 Å². The second-order valence-electron chi connectivity index (χ2n) is 10.9. The van der Waals surface area contributed by atoms with Gasteiger partial charge in [0.05, 0.1) is 11.3 Å². The van der Waals surface area contributed by atoms with Crippen LogP contribution in [0.15, 0.2) is 24.3 Å². The minimum atomic E-state index is -2.87. The van der Waals surface area contributed by atoms with Crippen molar-refractivity contribution in [1.29, 1.82) is 0 Å². The fraction of sp³-hybridized carbons (Fsp3) is 0.708. The molecule has 2 bridgehead atoms. The number of hydrogen-bond donors (Lipinski definition) is 3. The summed E-state index contributed by atoms with van der Waals surface area (Å²) in [5, 5.41) is 17.7. The third-order valence-corrected chi connectivity index (χ3v) is 10.00. The van der Waals surface area contributed by atoms with Crippen molar-refractivity contribution in [3.05, 3.63) is 24.3 Å². The van der Waals surface area contributed by atoms with Crippen LogP contribution in [0.25, 0.3) is 0 Å². The van der Waals surface area contributed by atoms with Crippen LogP contribution in [0.5, 0.6) is 5.75 Å². The van der Waals surface area contributed by atoms with Crippen LogP contribution in [0, 0.1) is 47.3 Å². The number of carbonyl (C=O) groups is 1. The van der Waals surface area contributed by atoms with Crippen LogP contribution in [0.1, 0.15) is 19.3 Å². The number of urea groups is 1. The lowest BCUT2D eigenvalue weighted by Gasteiger charge is -2.51. The first-order chi connectivity index (χ1) is 15.5. The highest BCUT2D eigenvalue weighted by atomic mass is 19.3. The average Bonchev–Trinajstić information content (AvgIpc) is 3.43. The van der Waals surface area contributed by atoms with Gasteiger partial charge in [-0.25, -0.2) is 4.79 Å². The van der Waals surface area contributed by atoms with E-state index in [1.54, 1.807) is 18.2 Å². The third kappa shape index (κ3) is 2.39. The molecule has 1 saturated heterocycles. The van der Waals surface area contributed by atoms with Crippen LogP contribution in [0.4, 0.5) is 19.3 Å². The van der Waals surface area contributed by atoms with E-state index in [1.807, 2.05) is 4.90 Å². The smallest absolute Gasteiger partial charge is 0.387 e. The van der Waals surface area contributed by atoms with Crippen molar-refractivity contribution in [3.63, 3.8) is 0 Å². The van der Waals surface area contributed by atoms with E-state index in [9.17, 15) is 18.7 Å². The maximum atomic E-state index is 12.7. The quantitative estimate of drug-likeness (QED) is 0.630. The SMILES string of the molecule is O=C(NCC1(O)C2C3CC4C5C3CC2C5C41)NC1CCN(c2ccccc2OC(F)F)C1. The Bertz CT molecular complexity index is 956. The molecule has 172 valence electrons. The van der Waals surface area contributed by atoms with Gasteiger partial charge >= 0.3 is 12.6 Å². The van der Waals surface area contributed by atoms with Gasteiger partial charge in [0.1, 0.15) is 5.75 Å². The number of nitrogens with zero attached hydrogens (tertiary/aromatic N) is 1. The summed E-state index contributed by atoms with van der Waals surface area (Å²) < 4.78 is 30.1. The number of anilines is 1. The predicted octanol–water partition coefficient (Wildman–Crippen LogP) is 2.67. The number of nitrogens with one attached hydrogen (secondary N) is 2. The largest absolute Gasteiger partial charge is 0.433 e. The normalized spacial score (nSPS) is 46.2. The van der Waals surface area contributed by atoms with E-state index >= 15 is 0 Å². The molecule has 8 heteroatoms. The van der Waals surface area contributed by atoms with E-state index in [0.29, 0.717) is 60.8 Å². The topological polar surface area (TPSA) is 73.8 Å². The van der Waals surface area contributed by atoms with E-state index in [4.69, 9.17) is 0 Å². The number of amides is 2. The van der Waals surface area contributed by atoms with E-state index in [0.717, 1.165) is 18.3 Å². The minimum absolute atomic E-state index is 0.0821. The summed E-state index contributed by atoms with van der Waals surface area (Å²) in [5.74, 6) is 5.40. The zero-order chi connectivity index (χ0) is 21.8. The monoisotopic (exact) mass is 445 g/mol. The zero-order valence-corrected chi connectivity index (χ0v) is 17.8. The fourth-order valence-electron chi connectivity index (χ4n) is 9.43. The van der Waals surface area contributed by atoms with Crippen molar-refractivity contribution in [2.45, 2.75) is 37.5 Å². The summed E-state index contributed by atoms with van der Waals surface area (Å²) >= 11 is 0. The average molecular weight is 446 g/mol. The van der Waals surface area contributed by atoms with Gasteiger partial charge < -0.3 is 25.4 Å². The lowest BCUT2D eigenvalue weighted by molar-refractivity contribution is -0.126. The number of ether oxygens (including phenoxy) is 1. The second-order valence-corrected chi connectivity index (χ2v) is 10.9. The second kappa shape index (κ2) is 6.49. The van der Waals surface area contributed by atoms with Gasteiger partial charge in [-0.3, -0.25) is 0 Å². The summed E-state index contributed by atoms with van der Waals surface area (Å²) in [4.78, 5) is 14.6. The Balaban J connectivity index is 0.967. The molecule has 0 radical (unpaired) electrons. The molecule has 7 rings (SSSR count). The molecule has 1 aliphatic heterocycles. The van der Waals surface area contributed by atoms with Crippen molar-refractivity contribution >= 4 is 11.7 Å². The number of aliphatic hydroxyl groups is 1. The zero-order valence-electron chi connectivity index (χ0n) is 17.8. The number of para-hydroxylation sites is 2. The van der Waals surface area contributed by atoms with Gasteiger partial charge in [-0.1, -0.05) is 12.1 Å². The Morgan fingerprint density at radius 2 is 1.94 bits per heavy atom. The van der Waals surface area contributed by atoms with Crippen LogP contribution in [0.3, 0.4) is 0 Å². The first-order valence-corrected chi connectivity index (χ1v) is 12.0. The predicted molar refractivity (Wildman–Crippen MR) is 112 cm³/mol. The molecule has 10 atom stereocenters. The molecular weight excluding hydrogens is 416 g/mol. The molecule has 0 aromatic heterocycles. The first kappa shape index (κ1) is 19.4. The van der Waals surface area contributed by atoms with E-state index < -0.39 is 12.2 Å². The van der Waals surface area contributed by atoms with Gasteiger partial charge in [-0.2, -0.15) is 8.78 Å². The maximum Gasteiger partial charge on any atom is 0.387 e. The lowest BCUT2D eigenvalue weighted by Crippen LogP contribution is -2.60. The van der Waals surface area contributed by atoms with Crippen LogP contribution in [0.2, 0.25) is 0 Å². The van der Waals surface area contributed by atoms with Crippen molar-refractivity contribution in [3.8, 4) is 5.75 Å². The van der Waals surface area contributed by atoms with Gasteiger partial charge in [0.15, 0.2) is 0 Å². The summed E-state index contributed by atoms with van der Waals surface area (Å²) in [6, 6.07) is 6.42. The summed E-state index contributed by atoms with van der Waals surface area (Å²) in [6.45, 7) is -1.35. The van der Waals surface area contributed by atoms with Crippen LogP contribution >= 0.6 is 0 Å². The molecule has 6 fully saturated rings. The summed E-state index contributed by atoms with van der Waals surface area (Å²) in [7, 11) is 0. The van der Waals surface area contributed by atoms with Crippen molar-refractivity contribution in [2.24, 2.45) is 47.3 Å². The molecule has 1 aromatic rings. The Labute approximate surface area is 185 Å². The minimum Gasteiger partial charge on any atom is -0.433 e. The molecule has 1 heterocycles. The highest BCUT2D eigenvalue weighted by Gasteiger charge is 2.84. The molecule has 2 amide bonds. The number of alkyl halides is 2. The fourth-order valence-corrected chi connectivity index (χ4v) is 9.43. The molecule has 6 aliphatic rings. The molecule has 1 aromatic carbocycles. The van der Waals surface area contributed by atoms with Crippen molar-refractivity contribution in [2.75, 3.05) is 24.5 Å². The van der Waals surface area contributed by atoms with Gasteiger partial charge in [0, 0.05) is 25.7 Å². The van der Waals surface area contributed by atoms with Crippen molar-refractivity contribution < 1.29 is 23.4 Å². The van der Waals surface area contributed by atoms with Gasteiger partial charge in [0.2, 0.25) is 0 Å². The lowest BCUT2D eigenvalue weighted by atomic mass is 9.56. The number of rotatable bonds is 6. The molecule has 3 N–H and O–H groups in total. The summed E-state index contributed by atoms with van der Waals surface area (Å²) in [5.41, 5.74) is -0.113. The number of benzene rings is 1. The summed E-state index contributed by atoms with van der Waals surface area (Å²) in [6.07, 6.45) is 3.34. The van der Waals surface area contributed by atoms with E-state index in [1.165, 1.54) is 18.9 Å². The highest BCUT2D eigenvalue weighted by Crippen LogP contribution is 2.85. The molecular formula is C24H29F2N3O3. The number of carbonyl (C=O) groups excluding carboxylic acids is 1. The number of halogens is 2. The van der Waals surface area contributed by atoms with Gasteiger partial charge in [-0.15, -0.1) is 0 Å². The number of fused-ring (bicyclic) bond motifs is 2. The Hall–Kier alpha value is -2.09. The molecule has 32 heavy (non-hydrogen) atoms. The molecule has 0 spiro atoms. The standard InChI is InChI=1S/C24H29F2N3O3/c25-22(26)32-17-4-2-1-3-16(17)29-6-5-11(9-29)28-23(30)27-10-24(31)20-13-8-14-18-12(13)7-15(20)19(18)21(14)24/h1-4,11-15,18-22,31H,5-10H2,(H2,27,28,30).